The van der Waals surface area contributed by atoms with Gasteiger partial charge in [0.1, 0.15) is 0 Å². The Hall–Kier alpha value is -0.580. The van der Waals surface area contributed by atoms with Crippen molar-refractivity contribution in [2.45, 2.75) is 37.8 Å². The molecule has 2 rings (SSSR count). The molecule has 0 aromatic heterocycles. The number of nitrogens with two attached hydrogens (primary N) is 1. The average Bonchev–Trinajstić information content (AvgIpc) is 2.41. The van der Waals surface area contributed by atoms with E-state index in [1.165, 1.54) is 0 Å². The highest BCUT2D eigenvalue weighted by Gasteiger charge is 2.26. The number of benzene rings is 1. The highest BCUT2D eigenvalue weighted by Crippen LogP contribution is 2.29. The summed E-state index contributed by atoms with van der Waals surface area (Å²) in [5.74, 6) is -0.0215. The van der Waals surface area contributed by atoms with E-state index in [1.54, 1.807) is 11.0 Å². The molecule has 104 valence electrons. The summed E-state index contributed by atoms with van der Waals surface area (Å²) >= 11 is 9.53. The van der Waals surface area contributed by atoms with Gasteiger partial charge in [0.15, 0.2) is 0 Å². The van der Waals surface area contributed by atoms with E-state index >= 15 is 0 Å². The molecule has 0 atom stereocenters. The molecule has 0 unspecified atom stereocenters. The third-order valence-corrected chi connectivity index (χ3v) is 5.09. The minimum absolute atomic E-state index is 0.0215. The predicted octanol–water partition coefficient (Wildman–Crippen LogP) is 3.44. The quantitative estimate of drug-likeness (QED) is 0.892. The van der Waals surface area contributed by atoms with Gasteiger partial charge in [-0.3, -0.25) is 4.79 Å². The largest absolute Gasteiger partial charge is 0.339 e. The molecule has 1 saturated carbocycles. The molecule has 0 radical (unpaired) electrons. The molecule has 0 heterocycles. The second-order valence-electron chi connectivity index (χ2n) is 5.09. The van der Waals surface area contributed by atoms with Crippen LogP contribution in [-0.2, 0) is 0 Å². The number of nitrogens with zero attached hydrogens (tertiary/aromatic N) is 1. The van der Waals surface area contributed by atoms with Crippen molar-refractivity contribution in [3.05, 3.63) is 33.3 Å². The second kappa shape index (κ2) is 6.25. The summed E-state index contributed by atoms with van der Waals surface area (Å²) in [5, 5.41) is 0.479. The Morgan fingerprint density at radius 2 is 2.00 bits per heavy atom. The molecule has 2 N–H and O–H groups in total. The second-order valence-corrected chi connectivity index (χ2v) is 6.32. The van der Waals surface area contributed by atoms with Crippen LogP contribution in [0.1, 0.15) is 36.0 Å². The van der Waals surface area contributed by atoms with E-state index in [9.17, 15) is 4.79 Å². The predicted molar refractivity (Wildman–Crippen MR) is 81.5 cm³/mol. The van der Waals surface area contributed by atoms with Gasteiger partial charge in [-0.1, -0.05) is 17.7 Å². The van der Waals surface area contributed by atoms with Crippen LogP contribution in [0.4, 0.5) is 0 Å². The van der Waals surface area contributed by atoms with Gasteiger partial charge in [-0.05, 0) is 53.7 Å². The summed E-state index contributed by atoms with van der Waals surface area (Å²) in [5.41, 5.74) is 6.45. The fourth-order valence-electron chi connectivity index (χ4n) is 2.51. The normalized spacial score (nSPS) is 23.2. The van der Waals surface area contributed by atoms with Crippen LogP contribution in [0.5, 0.6) is 0 Å². The fraction of sp³-hybridized carbons (Fsp3) is 0.500. The van der Waals surface area contributed by atoms with Crippen LogP contribution in [0.2, 0.25) is 5.02 Å². The van der Waals surface area contributed by atoms with Crippen molar-refractivity contribution in [2.75, 3.05) is 7.05 Å². The van der Waals surface area contributed by atoms with Crippen molar-refractivity contribution in [3.63, 3.8) is 0 Å². The van der Waals surface area contributed by atoms with Gasteiger partial charge < -0.3 is 10.6 Å². The molecule has 1 aliphatic rings. The Kier molecular flexibility index (Phi) is 4.87. The Labute approximate surface area is 127 Å². The van der Waals surface area contributed by atoms with Crippen LogP contribution < -0.4 is 5.73 Å². The van der Waals surface area contributed by atoms with Crippen molar-refractivity contribution in [1.82, 2.24) is 4.90 Å². The molecule has 1 aromatic rings. The molecule has 1 aromatic carbocycles. The number of hydrogen-bond donors (Lipinski definition) is 1. The van der Waals surface area contributed by atoms with Crippen LogP contribution in [0, 0.1) is 0 Å². The lowest BCUT2D eigenvalue weighted by Gasteiger charge is -2.33. The van der Waals surface area contributed by atoms with Gasteiger partial charge in [-0.15, -0.1) is 0 Å². The molecule has 1 amide bonds. The van der Waals surface area contributed by atoms with E-state index < -0.39 is 0 Å². The van der Waals surface area contributed by atoms with E-state index in [4.69, 9.17) is 17.3 Å². The van der Waals surface area contributed by atoms with Crippen molar-refractivity contribution in [2.24, 2.45) is 5.73 Å². The number of rotatable bonds is 2. The first-order valence-electron chi connectivity index (χ1n) is 6.47. The zero-order valence-electron chi connectivity index (χ0n) is 10.9. The van der Waals surface area contributed by atoms with E-state index in [0.717, 1.165) is 30.2 Å². The lowest BCUT2D eigenvalue weighted by molar-refractivity contribution is 0.0690. The van der Waals surface area contributed by atoms with Crippen LogP contribution in [-0.4, -0.2) is 29.9 Å². The van der Waals surface area contributed by atoms with Crippen molar-refractivity contribution in [3.8, 4) is 0 Å². The molecule has 1 aliphatic carbocycles. The number of carbonyl (C=O) groups is 1. The summed E-state index contributed by atoms with van der Waals surface area (Å²) in [7, 11) is 1.85. The molecule has 19 heavy (non-hydrogen) atoms. The summed E-state index contributed by atoms with van der Waals surface area (Å²) in [6.07, 6.45) is 3.90. The van der Waals surface area contributed by atoms with E-state index in [2.05, 4.69) is 15.9 Å². The molecule has 0 saturated heterocycles. The summed E-state index contributed by atoms with van der Waals surface area (Å²) in [4.78, 5) is 14.3. The third kappa shape index (κ3) is 3.30. The Balaban J connectivity index is 2.13. The van der Waals surface area contributed by atoms with Gasteiger partial charge in [-0.25, -0.2) is 0 Å². The highest BCUT2D eigenvalue weighted by molar-refractivity contribution is 9.10. The van der Waals surface area contributed by atoms with Crippen LogP contribution in [0.3, 0.4) is 0 Å². The van der Waals surface area contributed by atoms with Gasteiger partial charge in [0.05, 0.1) is 10.6 Å². The molecule has 0 aliphatic heterocycles. The zero-order valence-corrected chi connectivity index (χ0v) is 13.2. The Bertz CT molecular complexity index is 473. The zero-order chi connectivity index (χ0) is 14.0. The minimum Gasteiger partial charge on any atom is -0.339 e. The average molecular weight is 346 g/mol. The lowest BCUT2D eigenvalue weighted by Crippen LogP contribution is -2.41. The minimum atomic E-state index is -0.0215. The van der Waals surface area contributed by atoms with Gasteiger partial charge in [-0.2, -0.15) is 0 Å². The number of halogens is 2. The highest BCUT2D eigenvalue weighted by atomic mass is 79.9. The summed E-state index contributed by atoms with van der Waals surface area (Å²) < 4.78 is 0.749. The Morgan fingerprint density at radius 1 is 1.37 bits per heavy atom. The maximum absolute atomic E-state index is 12.5. The lowest BCUT2D eigenvalue weighted by atomic mass is 9.90. The molecule has 1 fully saturated rings. The maximum Gasteiger partial charge on any atom is 0.255 e. The standard InChI is InChI=1S/C14H18BrClN2O/c1-18(10-7-5-9(17)6-8-10)14(19)11-3-2-4-12(15)13(11)16/h2-4,9-10H,5-8,17H2,1H3. The summed E-state index contributed by atoms with van der Waals surface area (Å²) in [6, 6.07) is 5.98. The molecular formula is C14H18BrClN2O. The van der Waals surface area contributed by atoms with Crippen molar-refractivity contribution < 1.29 is 4.79 Å². The third-order valence-electron chi connectivity index (χ3n) is 3.79. The van der Waals surface area contributed by atoms with Gasteiger partial charge in [0.2, 0.25) is 0 Å². The number of carbonyl (C=O) groups excluding carboxylic acids is 1. The van der Waals surface area contributed by atoms with Crippen molar-refractivity contribution in [1.29, 1.82) is 0 Å². The first-order valence-corrected chi connectivity index (χ1v) is 7.64. The van der Waals surface area contributed by atoms with Crippen LogP contribution in [0.15, 0.2) is 22.7 Å². The topological polar surface area (TPSA) is 46.3 Å². The van der Waals surface area contributed by atoms with Crippen LogP contribution >= 0.6 is 27.5 Å². The maximum atomic E-state index is 12.5. The van der Waals surface area contributed by atoms with Crippen molar-refractivity contribution >= 4 is 33.4 Å². The molecule has 0 spiro atoms. The molecule has 3 nitrogen and oxygen atoms in total. The first-order chi connectivity index (χ1) is 9.00. The van der Waals surface area contributed by atoms with E-state index in [-0.39, 0.29) is 18.0 Å². The van der Waals surface area contributed by atoms with Gasteiger partial charge in [0.25, 0.3) is 5.91 Å². The molecular weight excluding hydrogens is 328 g/mol. The Morgan fingerprint density at radius 3 is 2.63 bits per heavy atom. The molecule has 0 bridgehead atoms. The SMILES string of the molecule is CN(C(=O)c1cccc(Br)c1Cl)C1CCC(N)CC1. The fourth-order valence-corrected chi connectivity index (χ4v) is 3.09. The number of hydrogen-bond acceptors (Lipinski definition) is 2. The smallest absolute Gasteiger partial charge is 0.255 e. The molecule has 5 heteroatoms. The monoisotopic (exact) mass is 344 g/mol. The van der Waals surface area contributed by atoms with E-state index in [0.29, 0.717) is 10.6 Å². The van der Waals surface area contributed by atoms with Crippen LogP contribution in [0.25, 0.3) is 0 Å². The summed E-state index contributed by atoms with van der Waals surface area (Å²) in [6.45, 7) is 0. The van der Waals surface area contributed by atoms with Gasteiger partial charge >= 0.3 is 0 Å². The number of amides is 1. The van der Waals surface area contributed by atoms with E-state index in [1.807, 2.05) is 19.2 Å². The van der Waals surface area contributed by atoms with Gasteiger partial charge in [0, 0.05) is 23.6 Å². The first kappa shape index (κ1) is 14.8.